The quantitative estimate of drug-likeness (QED) is 0.612. The van der Waals surface area contributed by atoms with Gasteiger partial charge >= 0.3 is 6.09 Å². The van der Waals surface area contributed by atoms with E-state index in [1.54, 1.807) is 20.8 Å². The van der Waals surface area contributed by atoms with Crippen LogP contribution in [0.4, 0.5) is 4.79 Å². The Hall–Kier alpha value is -0.910. The van der Waals surface area contributed by atoms with Crippen LogP contribution >= 0.6 is 0 Å². The molecule has 0 saturated carbocycles. The van der Waals surface area contributed by atoms with Crippen molar-refractivity contribution in [1.29, 1.82) is 0 Å². The molecule has 1 aliphatic rings. The highest BCUT2D eigenvalue weighted by molar-refractivity contribution is 7.86. The molecular formula is C13H25NO8S2. The van der Waals surface area contributed by atoms with Gasteiger partial charge in [0.05, 0.1) is 37.8 Å². The minimum atomic E-state index is -3.65. The number of likely N-dealkylation sites (tertiary alicyclic amines) is 1. The lowest BCUT2D eigenvalue weighted by molar-refractivity contribution is 0.00620. The van der Waals surface area contributed by atoms with Gasteiger partial charge < -0.3 is 4.74 Å². The molecule has 9 nitrogen and oxygen atoms in total. The second kappa shape index (κ2) is 7.54. The first-order valence-electron chi connectivity index (χ1n) is 7.38. The van der Waals surface area contributed by atoms with Crippen molar-refractivity contribution in [3.05, 3.63) is 0 Å². The summed E-state index contributed by atoms with van der Waals surface area (Å²) in [5.74, 6) is 0. The molecule has 0 radical (unpaired) electrons. The summed E-state index contributed by atoms with van der Waals surface area (Å²) in [5.41, 5.74) is -0.746. The molecule has 0 aromatic carbocycles. The van der Waals surface area contributed by atoms with E-state index < -0.39 is 44.0 Å². The highest BCUT2D eigenvalue weighted by Gasteiger charge is 2.40. The SMILES string of the molecule is CC(C)(C)OC(=O)N1C(COS(C)(=O)=O)CCC1COS(C)(=O)=O. The van der Waals surface area contributed by atoms with Crippen molar-refractivity contribution in [2.24, 2.45) is 0 Å². The fourth-order valence-electron chi connectivity index (χ4n) is 2.31. The third-order valence-corrected chi connectivity index (χ3v) is 4.30. The van der Waals surface area contributed by atoms with Crippen LogP contribution in [0.1, 0.15) is 33.6 Å². The molecule has 142 valence electrons. The predicted octanol–water partition coefficient (Wildman–Crippen LogP) is 0.707. The van der Waals surface area contributed by atoms with Crippen molar-refractivity contribution in [2.45, 2.75) is 51.3 Å². The molecule has 2 atom stereocenters. The topological polar surface area (TPSA) is 116 Å². The Morgan fingerprint density at radius 2 is 1.33 bits per heavy atom. The van der Waals surface area contributed by atoms with Crippen LogP contribution in [0.3, 0.4) is 0 Å². The van der Waals surface area contributed by atoms with E-state index in [-0.39, 0.29) is 13.2 Å². The Labute approximate surface area is 143 Å². The van der Waals surface area contributed by atoms with Crippen molar-refractivity contribution in [1.82, 2.24) is 4.90 Å². The first-order valence-corrected chi connectivity index (χ1v) is 11.0. The molecule has 0 aromatic heterocycles. The van der Waals surface area contributed by atoms with Gasteiger partial charge in [-0.15, -0.1) is 0 Å². The van der Waals surface area contributed by atoms with Crippen LogP contribution < -0.4 is 0 Å². The summed E-state index contributed by atoms with van der Waals surface area (Å²) in [4.78, 5) is 13.7. The van der Waals surface area contributed by atoms with Gasteiger partial charge in [0.2, 0.25) is 0 Å². The maximum absolute atomic E-state index is 12.4. The molecule has 11 heteroatoms. The fraction of sp³-hybridized carbons (Fsp3) is 0.923. The molecule has 1 heterocycles. The third-order valence-electron chi connectivity index (χ3n) is 3.17. The van der Waals surface area contributed by atoms with Crippen molar-refractivity contribution < 1.29 is 34.7 Å². The third kappa shape index (κ3) is 7.77. The molecule has 1 rings (SSSR count). The van der Waals surface area contributed by atoms with E-state index in [2.05, 4.69) is 0 Å². The monoisotopic (exact) mass is 387 g/mol. The van der Waals surface area contributed by atoms with E-state index in [1.807, 2.05) is 0 Å². The Morgan fingerprint density at radius 1 is 0.958 bits per heavy atom. The van der Waals surface area contributed by atoms with Gasteiger partial charge in [0, 0.05) is 0 Å². The number of ether oxygens (including phenoxy) is 1. The normalized spacial score (nSPS) is 22.6. The van der Waals surface area contributed by atoms with E-state index in [1.165, 1.54) is 4.90 Å². The van der Waals surface area contributed by atoms with Crippen LogP contribution in [0.25, 0.3) is 0 Å². The zero-order chi connectivity index (χ0) is 18.8. The van der Waals surface area contributed by atoms with Crippen molar-refractivity contribution in [2.75, 3.05) is 25.7 Å². The Morgan fingerprint density at radius 3 is 1.62 bits per heavy atom. The van der Waals surface area contributed by atoms with Gasteiger partial charge in [0.25, 0.3) is 20.2 Å². The number of nitrogens with zero attached hydrogens (tertiary/aromatic N) is 1. The number of rotatable bonds is 6. The molecule has 1 amide bonds. The zero-order valence-electron chi connectivity index (χ0n) is 14.5. The number of hydrogen-bond acceptors (Lipinski definition) is 8. The summed E-state index contributed by atoms with van der Waals surface area (Å²) in [6, 6.07) is -1.08. The second-order valence-electron chi connectivity index (χ2n) is 6.75. The standard InChI is InChI=1S/C13H25NO8S2/c1-13(2,3)22-12(15)14-10(8-20-23(4,16)17)6-7-11(14)9-21-24(5,18)19/h10-11H,6-9H2,1-5H3. The lowest BCUT2D eigenvalue weighted by Gasteiger charge is -2.32. The van der Waals surface area contributed by atoms with Gasteiger partial charge in [0.1, 0.15) is 5.60 Å². The predicted molar refractivity (Wildman–Crippen MR) is 86.5 cm³/mol. The number of amides is 1. The van der Waals surface area contributed by atoms with Crippen LogP contribution in [-0.2, 0) is 33.3 Å². The maximum atomic E-state index is 12.4. The summed E-state index contributed by atoms with van der Waals surface area (Å²) >= 11 is 0. The van der Waals surface area contributed by atoms with E-state index in [0.717, 1.165) is 12.5 Å². The van der Waals surface area contributed by atoms with E-state index in [4.69, 9.17) is 13.1 Å². The van der Waals surface area contributed by atoms with Crippen LogP contribution in [0.5, 0.6) is 0 Å². The van der Waals surface area contributed by atoms with Crippen LogP contribution in [0, 0.1) is 0 Å². The minimum absolute atomic E-state index is 0.215. The Kier molecular flexibility index (Phi) is 6.64. The fourth-order valence-corrected chi connectivity index (χ4v) is 3.11. The number of carbonyl (C=O) groups is 1. The first-order chi connectivity index (χ1) is 10.7. The zero-order valence-corrected chi connectivity index (χ0v) is 16.1. The van der Waals surface area contributed by atoms with Crippen molar-refractivity contribution >= 4 is 26.3 Å². The molecule has 2 unspecified atom stereocenters. The van der Waals surface area contributed by atoms with Crippen LogP contribution in [0.15, 0.2) is 0 Å². The molecule has 0 bridgehead atoms. The number of carbonyl (C=O) groups excluding carboxylic acids is 1. The van der Waals surface area contributed by atoms with Gasteiger partial charge in [-0.1, -0.05) is 0 Å². The van der Waals surface area contributed by atoms with Gasteiger partial charge in [-0.25, -0.2) is 4.79 Å². The first kappa shape index (κ1) is 21.1. The van der Waals surface area contributed by atoms with Gasteiger partial charge in [-0.05, 0) is 33.6 Å². The lowest BCUT2D eigenvalue weighted by Crippen LogP contribution is -2.47. The summed E-state index contributed by atoms with van der Waals surface area (Å²) in [6.07, 6.45) is 2.08. The number of hydrogen-bond donors (Lipinski definition) is 0. The van der Waals surface area contributed by atoms with Gasteiger partial charge in [-0.3, -0.25) is 13.3 Å². The molecule has 24 heavy (non-hydrogen) atoms. The molecule has 1 aliphatic heterocycles. The maximum Gasteiger partial charge on any atom is 0.410 e. The molecule has 0 N–H and O–H groups in total. The smallest absolute Gasteiger partial charge is 0.410 e. The largest absolute Gasteiger partial charge is 0.444 e. The second-order valence-corrected chi connectivity index (χ2v) is 10.0. The average Bonchev–Trinajstić information content (AvgIpc) is 2.73. The molecule has 0 aliphatic carbocycles. The van der Waals surface area contributed by atoms with E-state index in [0.29, 0.717) is 12.8 Å². The molecule has 1 saturated heterocycles. The van der Waals surface area contributed by atoms with Crippen LogP contribution in [0.2, 0.25) is 0 Å². The van der Waals surface area contributed by atoms with Crippen LogP contribution in [-0.4, -0.2) is 71.2 Å². The highest BCUT2D eigenvalue weighted by atomic mass is 32.2. The van der Waals surface area contributed by atoms with Crippen molar-refractivity contribution in [3.63, 3.8) is 0 Å². The van der Waals surface area contributed by atoms with Crippen molar-refractivity contribution in [3.8, 4) is 0 Å². The molecule has 0 aromatic rings. The lowest BCUT2D eigenvalue weighted by atomic mass is 10.2. The summed E-state index contributed by atoms with van der Waals surface area (Å²) in [6.45, 7) is 4.67. The van der Waals surface area contributed by atoms with E-state index in [9.17, 15) is 21.6 Å². The Bertz CT molecular complexity index is 606. The minimum Gasteiger partial charge on any atom is -0.444 e. The van der Waals surface area contributed by atoms with Gasteiger partial charge in [0.15, 0.2) is 0 Å². The van der Waals surface area contributed by atoms with Gasteiger partial charge in [-0.2, -0.15) is 16.8 Å². The summed E-state index contributed by atoms with van der Waals surface area (Å²) in [7, 11) is -7.31. The highest BCUT2D eigenvalue weighted by Crippen LogP contribution is 2.27. The molecular weight excluding hydrogens is 362 g/mol. The molecule has 1 fully saturated rings. The summed E-state index contributed by atoms with van der Waals surface area (Å²) < 4.78 is 59.6. The molecule has 0 spiro atoms. The summed E-state index contributed by atoms with van der Waals surface area (Å²) in [5, 5.41) is 0. The Balaban J connectivity index is 2.89. The van der Waals surface area contributed by atoms with E-state index >= 15 is 0 Å². The average molecular weight is 387 g/mol.